The number of carbonyl (C=O) groups excluding carboxylic acids is 2. The summed E-state index contributed by atoms with van der Waals surface area (Å²) >= 11 is 0. The monoisotopic (exact) mass is 254 g/mol. The largest absolute Gasteiger partial charge is 0.508 e. The molecule has 0 aliphatic carbocycles. The third-order valence-electron chi connectivity index (χ3n) is 2.33. The molecular weight excluding hydrogens is 239 g/mol. The Hall–Kier alpha value is -2.11. The summed E-state index contributed by atoms with van der Waals surface area (Å²) in [6, 6.07) is 3.33. The predicted octanol–water partition coefficient (Wildman–Crippen LogP) is 0.917. The SMILES string of the molecule is NC(=O)CCCCNC(=O)c1ccc(O)cc1F. The number of phenols is 1. The zero-order valence-electron chi connectivity index (χ0n) is 9.78. The van der Waals surface area contributed by atoms with E-state index in [2.05, 4.69) is 5.32 Å². The zero-order valence-corrected chi connectivity index (χ0v) is 9.78. The van der Waals surface area contributed by atoms with Crippen molar-refractivity contribution < 1.29 is 19.1 Å². The van der Waals surface area contributed by atoms with Gasteiger partial charge >= 0.3 is 0 Å². The van der Waals surface area contributed by atoms with Crippen LogP contribution in [0, 0.1) is 5.82 Å². The second kappa shape index (κ2) is 6.58. The van der Waals surface area contributed by atoms with Gasteiger partial charge in [0.05, 0.1) is 5.56 Å². The van der Waals surface area contributed by atoms with Gasteiger partial charge in [-0.1, -0.05) is 0 Å². The number of carbonyl (C=O) groups is 2. The molecule has 0 spiro atoms. The molecule has 0 saturated heterocycles. The van der Waals surface area contributed by atoms with Gasteiger partial charge < -0.3 is 16.2 Å². The van der Waals surface area contributed by atoms with E-state index in [1.54, 1.807) is 0 Å². The van der Waals surface area contributed by atoms with Crippen molar-refractivity contribution in [2.24, 2.45) is 5.73 Å². The summed E-state index contributed by atoms with van der Waals surface area (Å²) in [5.41, 5.74) is 4.84. The molecule has 0 aliphatic heterocycles. The summed E-state index contributed by atoms with van der Waals surface area (Å²) in [6.45, 7) is 0.340. The molecule has 0 aliphatic rings. The molecular formula is C12H15FN2O3. The Bertz CT molecular complexity index is 449. The van der Waals surface area contributed by atoms with E-state index >= 15 is 0 Å². The van der Waals surface area contributed by atoms with Crippen LogP contribution in [0.25, 0.3) is 0 Å². The molecule has 4 N–H and O–H groups in total. The minimum absolute atomic E-state index is 0.122. The number of nitrogens with two attached hydrogens (primary N) is 1. The number of halogens is 1. The molecule has 1 rings (SSSR count). The Labute approximate surface area is 104 Å². The Morgan fingerprint density at radius 1 is 1.33 bits per heavy atom. The van der Waals surface area contributed by atoms with Crippen molar-refractivity contribution in [3.63, 3.8) is 0 Å². The van der Waals surface area contributed by atoms with Gasteiger partial charge in [-0.25, -0.2) is 4.39 Å². The van der Waals surface area contributed by atoms with Crippen molar-refractivity contribution >= 4 is 11.8 Å². The standard InChI is InChI=1S/C12H15FN2O3/c13-10-7-8(16)4-5-9(10)12(18)15-6-2-1-3-11(14)17/h4-5,7,16H,1-3,6H2,(H2,14,17)(H,15,18). The van der Waals surface area contributed by atoms with E-state index < -0.39 is 11.7 Å². The van der Waals surface area contributed by atoms with E-state index in [1.807, 2.05) is 0 Å². The molecule has 0 atom stereocenters. The fourth-order valence-electron chi connectivity index (χ4n) is 1.41. The van der Waals surface area contributed by atoms with Crippen LogP contribution in [-0.2, 0) is 4.79 Å². The summed E-state index contributed by atoms with van der Waals surface area (Å²) in [7, 11) is 0. The first kappa shape index (κ1) is 14.0. The summed E-state index contributed by atoms with van der Waals surface area (Å²) in [4.78, 5) is 22.0. The maximum Gasteiger partial charge on any atom is 0.254 e. The number of amides is 2. The highest BCUT2D eigenvalue weighted by Crippen LogP contribution is 2.14. The van der Waals surface area contributed by atoms with Crippen molar-refractivity contribution in [3.05, 3.63) is 29.6 Å². The molecule has 0 saturated carbocycles. The summed E-state index contributed by atoms with van der Waals surface area (Å²) < 4.78 is 13.3. The zero-order chi connectivity index (χ0) is 13.5. The Balaban J connectivity index is 2.39. The van der Waals surface area contributed by atoms with Gasteiger partial charge in [-0.05, 0) is 25.0 Å². The molecule has 1 aromatic carbocycles. The minimum Gasteiger partial charge on any atom is -0.508 e. The Kier molecular flexibility index (Phi) is 5.10. The Morgan fingerprint density at radius 3 is 2.67 bits per heavy atom. The minimum atomic E-state index is -0.773. The van der Waals surface area contributed by atoms with Crippen LogP contribution in [0.3, 0.4) is 0 Å². The lowest BCUT2D eigenvalue weighted by Crippen LogP contribution is -2.25. The summed E-state index contributed by atoms with van der Waals surface area (Å²) in [5.74, 6) is -1.94. The topological polar surface area (TPSA) is 92.4 Å². The van der Waals surface area contributed by atoms with Crippen LogP contribution in [0.4, 0.5) is 4.39 Å². The van der Waals surface area contributed by atoms with E-state index in [-0.39, 0.29) is 23.6 Å². The molecule has 0 unspecified atom stereocenters. The number of unbranched alkanes of at least 4 members (excludes halogenated alkanes) is 1. The number of hydrogen-bond acceptors (Lipinski definition) is 3. The normalized spacial score (nSPS) is 10.1. The van der Waals surface area contributed by atoms with E-state index in [9.17, 15) is 14.0 Å². The average Bonchev–Trinajstić information content (AvgIpc) is 2.27. The van der Waals surface area contributed by atoms with Crippen LogP contribution >= 0.6 is 0 Å². The maximum absolute atomic E-state index is 13.3. The first-order chi connectivity index (χ1) is 8.50. The molecule has 0 bridgehead atoms. The van der Waals surface area contributed by atoms with Gasteiger partial charge in [0.15, 0.2) is 0 Å². The van der Waals surface area contributed by atoms with E-state index in [0.29, 0.717) is 19.4 Å². The highest BCUT2D eigenvalue weighted by Gasteiger charge is 2.11. The number of primary amides is 1. The average molecular weight is 254 g/mol. The lowest BCUT2D eigenvalue weighted by atomic mass is 10.2. The predicted molar refractivity (Wildman–Crippen MR) is 63.4 cm³/mol. The quantitative estimate of drug-likeness (QED) is 0.659. The number of nitrogens with one attached hydrogen (secondary N) is 1. The van der Waals surface area contributed by atoms with E-state index in [1.165, 1.54) is 12.1 Å². The highest BCUT2D eigenvalue weighted by molar-refractivity contribution is 5.94. The van der Waals surface area contributed by atoms with Gasteiger partial charge in [-0.15, -0.1) is 0 Å². The summed E-state index contributed by atoms with van der Waals surface area (Å²) in [5, 5.41) is 11.5. The van der Waals surface area contributed by atoms with Crippen LogP contribution in [0.5, 0.6) is 5.75 Å². The second-order valence-corrected chi connectivity index (χ2v) is 3.84. The molecule has 2 amide bonds. The van der Waals surface area contributed by atoms with Crippen LogP contribution in [0.2, 0.25) is 0 Å². The van der Waals surface area contributed by atoms with E-state index in [4.69, 9.17) is 10.8 Å². The molecule has 18 heavy (non-hydrogen) atoms. The van der Waals surface area contributed by atoms with Crippen molar-refractivity contribution in [2.75, 3.05) is 6.54 Å². The second-order valence-electron chi connectivity index (χ2n) is 3.84. The number of hydrogen-bond donors (Lipinski definition) is 3. The Morgan fingerprint density at radius 2 is 2.06 bits per heavy atom. The van der Waals surface area contributed by atoms with Gasteiger partial charge in [-0.2, -0.15) is 0 Å². The first-order valence-corrected chi connectivity index (χ1v) is 5.55. The molecule has 0 heterocycles. The molecule has 98 valence electrons. The lowest BCUT2D eigenvalue weighted by Gasteiger charge is -2.06. The number of rotatable bonds is 6. The molecule has 6 heteroatoms. The molecule has 1 aromatic rings. The summed E-state index contributed by atoms with van der Waals surface area (Å²) in [6.07, 6.45) is 1.44. The van der Waals surface area contributed by atoms with Crippen LogP contribution < -0.4 is 11.1 Å². The van der Waals surface area contributed by atoms with Gasteiger partial charge in [0.2, 0.25) is 5.91 Å². The fourth-order valence-corrected chi connectivity index (χ4v) is 1.41. The number of phenolic OH excluding ortho intramolecular Hbond substituents is 1. The molecule has 0 aromatic heterocycles. The van der Waals surface area contributed by atoms with Crippen molar-refractivity contribution in [3.8, 4) is 5.75 Å². The third kappa shape index (κ3) is 4.40. The van der Waals surface area contributed by atoms with Crippen LogP contribution in [0.15, 0.2) is 18.2 Å². The van der Waals surface area contributed by atoms with Crippen molar-refractivity contribution in [1.82, 2.24) is 5.32 Å². The van der Waals surface area contributed by atoms with Gasteiger partial charge in [0, 0.05) is 19.0 Å². The molecule has 0 fully saturated rings. The number of aromatic hydroxyl groups is 1. The molecule has 0 radical (unpaired) electrons. The first-order valence-electron chi connectivity index (χ1n) is 5.55. The van der Waals surface area contributed by atoms with Gasteiger partial charge in [0.25, 0.3) is 5.91 Å². The van der Waals surface area contributed by atoms with Gasteiger partial charge in [0.1, 0.15) is 11.6 Å². The fraction of sp³-hybridized carbons (Fsp3) is 0.333. The van der Waals surface area contributed by atoms with Crippen LogP contribution in [0.1, 0.15) is 29.6 Å². The van der Waals surface area contributed by atoms with Crippen molar-refractivity contribution in [2.45, 2.75) is 19.3 Å². The lowest BCUT2D eigenvalue weighted by molar-refractivity contribution is -0.118. The van der Waals surface area contributed by atoms with Crippen molar-refractivity contribution in [1.29, 1.82) is 0 Å². The smallest absolute Gasteiger partial charge is 0.254 e. The number of benzene rings is 1. The third-order valence-corrected chi connectivity index (χ3v) is 2.33. The van der Waals surface area contributed by atoms with Crippen LogP contribution in [-0.4, -0.2) is 23.5 Å². The maximum atomic E-state index is 13.3. The highest BCUT2D eigenvalue weighted by atomic mass is 19.1. The van der Waals surface area contributed by atoms with Gasteiger partial charge in [-0.3, -0.25) is 9.59 Å². The van der Waals surface area contributed by atoms with E-state index in [0.717, 1.165) is 6.07 Å². The molecule has 5 nitrogen and oxygen atoms in total.